The number of esters is 2. The molecule has 1 aromatic carbocycles. The highest BCUT2D eigenvalue weighted by Crippen LogP contribution is 2.35. The summed E-state index contributed by atoms with van der Waals surface area (Å²) in [7, 11) is 2.58. The molecule has 0 aromatic heterocycles. The summed E-state index contributed by atoms with van der Waals surface area (Å²) in [4.78, 5) is 28.9. The van der Waals surface area contributed by atoms with E-state index in [-0.39, 0.29) is 11.3 Å². The van der Waals surface area contributed by atoms with Crippen LogP contribution in [0.2, 0.25) is 0 Å². The van der Waals surface area contributed by atoms with Crippen LogP contribution >= 0.6 is 0 Å². The van der Waals surface area contributed by atoms with Crippen molar-refractivity contribution in [3.8, 4) is 0 Å². The van der Waals surface area contributed by atoms with Crippen molar-refractivity contribution in [3.05, 3.63) is 59.5 Å². The molecule has 1 fully saturated rings. The molecule has 28 heavy (non-hydrogen) atoms. The van der Waals surface area contributed by atoms with Gasteiger partial charge in [0.2, 0.25) is 0 Å². The van der Waals surface area contributed by atoms with E-state index in [4.69, 9.17) is 14.2 Å². The number of benzene rings is 1. The predicted octanol–water partition coefficient (Wildman–Crippen LogP) is 2.32. The number of morpholine rings is 1. The first-order chi connectivity index (χ1) is 13.6. The van der Waals surface area contributed by atoms with Gasteiger partial charge in [0.15, 0.2) is 0 Å². The van der Waals surface area contributed by atoms with Crippen molar-refractivity contribution in [1.29, 1.82) is 0 Å². The second-order valence-corrected chi connectivity index (χ2v) is 6.41. The zero-order chi connectivity index (χ0) is 20.1. The Morgan fingerprint density at radius 3 is 2.39 bits per heavy atom. The highest BCUT2D eigenvalue weighted by atomic mass is 16.5. The van der Waals surface area contributed by atoms with Crippen LogP contribution in [0.1, 0.15) is 5.56 Å². The molecular formula is C21H24N2O5. The Labute approximate surface area is 164 Å². The van der Waals surface area contributed by atoms with Crippen LogP contribution in [0.15, 0.2) is 53.9 Å². The molecule has 1 saturated heterocycles. The van der Waals surface area contributed by atoms with Gasteiger partial charge in [0.1, 0.15) is 5.70 Å². The molecular weight excluding hydrogens is 360 g/mol. The number of hydrogen-bond acceptors (Lipinski definition) is 7. The first-order valence-corrected chi connectivity index (χ1v) is 9.05. The topological polar surface area (TPSA) is 68.3 Å². The summed E-state index contributed by atoms with van der Waals surface area (Å²) in [5.41, 5.74) is 3.00. The van der Waals surface area contributed by atoms with Crippen molar-refractivity contribution in [3.63, 3.8) is 0 Å². The molecule has 0 aliphatic carbocycles. The second-order valence-electron chi connectivity index (χ2n) is 6.41. The summed E-state index contributed by atoms with van der Waals surface area (Å²) >= 11 is 0. The largest absolute Gasteiger partial charge is 0.465 e. The molecule has 2 aliphatic rings. The lowest BCUT2D eigenvalue weighted by Gasteiger charge is -2.34. The van der Waals surface area contributed by atoms with Gasteiger partial charge in [-0.25, -0.2) is 9.59 Å². The van der Waals surface area contributed by atoms with E-state index < -0.39 is 11.9 Å². The maximum Gasteiger partial charge on any atom is 0.355 e. The SMILES string of the molecule is COC(=O)C1=C(C(=O)OC)N(c2cc(C)ccc2N2CCOCC2)C=CC=C1. The van der Waals surface area contributed by atoms with Crippen molar-refractivity contribution in [1.82, 2.24) is 0 Å². The molecule has 1 aromatic rings. The summed E-state index contributed by atoms with van der Waals surface area (Å²) in [6.07, 6.45) is 6.76. The minimum Gasteiger partial charge on any atom is -0.465 e. The van der Waals surface area contributed by atoms with Crippen molar-refractivity contribution in [2.75, 3.05) is 50.3 Å². The third kappa shape index (κ3) is 3.94. The fraction of sp³-hybridized carbons (Fsp3) is 0.333. The molecule has 0 spiro atoms. The molecule has 0 radical (unpaired) electrons. The van der Waals surface area contributed by atoms with Crippen LogP contribution in [-0.2, 0) is 23.8 Å². The van der Waals surface area contributed by atoms with Crippen molar-refractivity contribution in [2.24, 2.45) is 0 Å². The summed E-state index contributed by atoms with van der Waals surface area (Å²) in [5.74, 6) is -1.23. The molecule has 0 N–H and O–H groups in total. The Kier molecular flexibility index (Phi) is 6.16. The van der Waals surface area contributed by atoms with E-state index in [1.54, 1.807) is 29.3 Å². The maximum absolute atomic E-state index is 12.7. The smallest absolute Gasteiger partial charge is 0.355 e. The molecule has 7 nitrogen and oxygen atoms in total. The van der Waals surface area contributed by atoms with Crippen molar-refractivity contribution in [2.45, 2.75) is 6.92 Å². The van der Waals surface area contributed by atoms with Gasteiger partial charge in [-0.1, -0.05) is 12.1 Å². The summed E-state index contributed by atoms with van der Waals surface area (Å²) in [5, 5.41) is 0. The molecule has 7 heteroatoms. The Balaban J connectivity index is 2.18. The summed E-state index contributed by atoms with van der Waals surface area (Å²) in [6.45, 7) is 4.74. The normalized spacial score (nSPS) is 16.8. The van der Waals surface area contributed by atoms with Crippen LogP contribution in [0, 0.1) is 6.92 Å². The highest BCUT2D eigenvalue weighted by molar-refractivity contribution is 6.06. The molecule has 0 unspecified atom stereocenters. The predicted molar refractivity (Wildman–Crippen MR) is 106 cm³/mol. The molecule has 0 bridgehead atoms. The molecule has 0 amide bonds. The first kappa shape index (κ1) is 19.7. The number of ether oxygens (including phenoxy) is 3. The van der Waals surface area contributed by atoms with E-state index in [1.165, 1.54) is 14.2 Å². The molecule has 148 valence electrons. The molecule has 2 heterocycles. The number of nitrogens with zero attached hydrogens (tertiary/aromatic N) is 2. The molecule has 0 saturated carbocycles. The Morgan fingerprint density at radius 2 is 1.71 bits per heavy atom. The summed E-state index contributed by atoms with van der Waals surface area (Å²) in [6, 6.07) is 6.03. The maximum atomic E-state index is 12.7. The average molecular weight is 384 g/mol. The van der Waals surface area contributed by atoms with Crippen LogP contribution in [0.3, 0.4) is 0 Å². The Hall–Kier alpha value is -3.06. The Bertz CT molecular complexity index is 850. The van der Waals surface area contributed by atoms with E-state index in [1.807, 2.05) is 25.1 Å². The monoisotopic (exact) mass is 384 g/mol. The minimum absolute atomic E-state index is 0.111. The lowest BCUT2D eigenvalue weighted by Crippen LogP contribution is -2.37. The number of methoxy groups -OCH3 is 2. The van der Waals surface area contributed by atoms with Gasteiger partial charge in [-0.2, -0.15) is 0 Å². The van der Waals surface area contributed by atoms with Crippen LogP contribution in [0.5, 0.6) is 0 Å². The Morgan fingerprint density at radius 1 is 1.00 bits per heavy atom. The van der Waals surface area contributed by atoms with Gasteiger partial charge in [-0.15, -0.1) is 0 Å². The number of carbonyl (C=O) groups excluding carboxylic acids is 2. The molecule has 3 rings (SSSR count). The number of hydrogen-bond donors (Lipinski definition) is 0. The van der Waals surface area contributed by atoms with Gasteiger partial charge >= 0.3 is 11.9 Å². The minimum atomic E-state index is -0.619. The number of carbonyl (C=O) groups is 2. The highest BCUT2D eigenvalue weighted by Gasteiger charge is 2.29. The van der Waals surface area contributed by atoms with E-state index in [9.17, 15) is 9.59 Å². The number of anilines is 2. The fourth-order valence-corrected chi connectivity index (χ4v) is 3.25. The van der Waals surface area contributed by atoms with Gasteiger partial charge in [-0.05, 0) is 36.8 Å². The quantitative estimate of drug-likeness (QED) is 0.738. The zero-order valence-electron chi connectivity index (χ0n) is 16.3. The lowest BCUT2D eigenvalue weighted by atomic mass is 10.1. The molecule has 0 atom stereocenters. The standard InChI is InChI=1S/C21H24N2O5/c1-15-7-8-17(22-10-12-28-13-11-22)18(14-15)23-9-5-4-6-16(20(24)26-2)19(23)21(25)27-3/h4-9,14H,10-13H2,1-3H3. The van der Waals surface area contributed by atoms with Crippen LogP contribution in [0.25, 0.3) is 0 Å². The first-order valence-electron chi connectivity index (χ1n) is 9.05. The average Bonchev–Trinajstić information content (AvgIpc) is 2.96. The van der Waals surface area contributed by atoms with E-state index in [0.717, 1.165) is 30.0 Å². The third-order valence-corrected chi connectivity index (χ3v) is 4.63. The fourth-order valence-electron chi connectivity index (χ4n) is 3.25. The van der Waals surface area contributed by atoms with Crippen LogP contribution in [-0.4, -0.2) is 52.5 Å². The van der Waals surface area contributed by atoms with Gasteiger partial charge in [0.25, 0.3) is 0 Å². The third-order valence-electron chi connectivity index (χ3n) is 4.63. The van der Waals surface area contributed by atoms with E-state index in [0.29, 0.717) is 13.2 Å². The zero-order valence-corrected chi connectivity index (χ0v) is 16.3. The summed E-state index contributed by atoms with van der Waals surface area (Å²) < 4.78 is 15.3. The second kappa shape index (κ2) is 8.75. The van der Waals surface area contributed by atoms with E-state index in [2.05, 4.69) is 4.90 Å². The van der Waals surface area contributed by atoms with E-state index >= 15 is 0 Å². The van der Waals surface area contributed by atoms with Gasteiger partial charge in [0.05, 0.1) is 44.4 Å². The van der Waals surface area contributed by atoms with Crippen LogP contribution in [0.4, 0.5) is 11.4 Å². The number of rotatable bonds is 4. The lowest BCUT2D eigenvalue weighted by molar-refractivity contribution is -0.139. The van der Waals surface area contributed by atoms with Gasteiger partial charge in [0, 0.05) is 19.3 Å². The number of allylic oxidation sites excluding steroid dienone is 2. The van der Waals surface area contributed by atoms with Gasteiger partial charge in [-0.3, -0.25) is 0 Å². The van der Waals surface area contributed by atoms with Crippen LogP contribution < -0.4 is 9.80 Å². The van der Waals surface area contributed by atoms with Crippen molar-refractivity contribution < 1.29 is 23.8 Å². The number of aryl methyl sites for hydroxylation is 1. The van der Waals surface area contributed by atoms with Gasteiger partial charge < -0.3 is 24.0 Å². The van der Waals surface area contributed by atoms with Crippen molar-refractivity contribution >= 4 is 23.3 Å². The molecule has 2 aliphatic heterocycles.